The van der Waals surface area contributed by atoms with Crippen LogP contribution in [0, 0.1) is 6.92 Å². The third-order valence-corrected chi connectivity index (χ3v) is 4.76. The minimum absolute atomic E-state index is 0.197. The van der Waals surface area contributed by atoms with E-state index in [0.717, 1.165) is 17.7 Å². The molecular formula is C20H22Cl3N3O2S. The Morgan fingerprint density at radius 1 is 1.14 bits per heavy atom. The summed E-state index contributed by atoms with van der Waals surface area (Å²) < 4.78 is 3.64. The van der Waals surface area contributed by atoms with Crippen molar-refractivity contribution in [1.29, 1.82) is 0 Å². The van der Waals surface area contributed by atoms with Crippen molar-refractivity contribution in [3.8, 4) is 5.75 Å². The van der Waals surface area contributed by atoms with Gasteiger partial charge in [-0.1, -0.05) is 66.0 Å². The Morgan fingerprint density at radius 3 is 2.41 bits per heavy atom. The van der Waals surface area contributed by atoms with Gasteiger partial charge in [0.1, 0.15) is 11.9 Å². The lowest BCUT2D eigenvalue weighted by Gasteiger charge is -2.27. The highest BCUT2D eigenvalue weighted by Crippen LogP contribution is 2.29. The van der Waals surface area contributed by atoms with Crippen LogP contribution in [0.5, 0.6) is 5.75 Å². The first kappa shape index (κ1) is 23.5. The summed E-state index contributed by atoms with van der Waals surface area (Å²) in [7, 11) is 0. The summed E-state index contributed by atoms with van der Waals surface area (Å²) in [6.07, 6.45) is -0.135. The van der Waals surface area contributed by atoms with Crippen LogP contribution < -0.4 is 20.7 Å². The van der Waals surface area contributed by atoms with Crippen molar-refractivity contribution in [2.24, 2.45) is 0 Å². The molecule has 0 aliphatic heterocycles. The van der Waals surface area contributed by atoms with E-state index in [4.69, 9.17) is 51.8 Å². The molecule has 0 saturated carbocycles. The number of aryl methyl sites for hydroxylation is 2. The van der Waals surface area contributed by atoms with Crippen molar-refractivity contribution in [3.63, 3.8) is 0 Å². The van der Waals surface area contributed by atoms with Crippen molar-refractivity contribution in [2.45, 2.75) is 30.2 Å². The fraction of sp³-hybridized carbons (Fsp3) is 0.300. The fourth-order valence-corrected chi connectivity index (χ4v) is 2.96. The number of rotatable bonds is 7. The number of hydrogen-bond acceptors (Lipinski definition) is 3. The molecule has 0 saturated heterocycles. The zero-order valence-electron chi connectivity index (χ0n) is 16.0. The molecule has 0 aromatic heterocycles. The van der Waals surface area contributed by atoms with Crippen LogP contribution in [0.4, 0.5) is 5.69 Å². The molecule has 0 aliphatic carbocycles. The molecule has 3 N–H and O–H groups in total. The lowest BCUT2D eigenvalue weighted by atomic mass is 10.2. The second-order valence-electron chi connectivity index (χ2n) is 6.30. The molecule has 1 atom stereocenters. The molecule has 1 amide bonds. The summed E-state index contributed by atoms with van der Waals surface area (Å²) >= 11 is 23.2. The molecule has 0 aliphatic rings. The third kappa shape index (κ3) is 8.26. The van der Waals surface area contributed by atoms with Crippen LogP contribution in [0.2, 0.25) is 0 Å². The Kier molecular flexibility index (Phi) is 8.83. The minimum Gasteiger partial charge on any atom is -0.484 e. The number of alkyl halides is 3. The fourth-order valence-electron chi connectivity index (χ4n) is 2.39. The maximum absolute atomic E-state index is 12.3. The maximum Gasteiger partial charge on any atom is 0.259 e. The van der Waals surface area contributed by atoms with E-state index in [2.05, 4.69) is 22.9 Å². The van der Waals surface area contributed by atoms with E-state index in [1.54, 1.807) is 12.1 Å². The van der Waals surface area contributed by atoms with Gasteiger partial charge in [0.05, 0.1) is 0 Å². The summed E-state index contributed by atoms with van der Waals surface area (Å²) in [4.78, 5) is 12.3. The van der Waals surface area contributed by atoms with Crippen LogP contribution in [0.1, 0.15) is 18.1 Å². The smallest absolute Gasteiger partial charge is 0.259 e. The summed E-state index contributed by atoms with van der Waals surface area (Å²) in [6.45, 7) is 3.79. The quantitative estimate of drug-likeness (QED) is 0.307. The molecule has 2 aromatic rings. The number of nitrogens with one attached hydrogen (secondary N) is 3. The van der Waals surface area contributed by atoms with Crippen molar-refractivity contribution in [3.05, 3.63) is 59.7 Å². The van der Waals surface area contributed by atoms with E-state index < -0.39 is 15.9 Å². The molecule has 0 bridgehead atoms. The van der Waals surface area contributed by atoms with Crippen molar-refractivity contribution in [2.75, 3.05) is 11.9 Å². The van der Waals surface area contributed by atoms with E-state index in [1.807, 2.05) is 43.3 Å². The van der Waals surface area contributed by atoms with E-state index in [9.17, 15) is 4.79 Å². The molecule has 156 valence electrons. The first-order valence-electron chi connectivity index (χ1n) is 8.89. The Morgan fingerprint density at radius 2 is 1.83 bits per heavy atom. The van der Waals surface area contributed by atoms with Gasteiger partial charge in [-0.15, -0.1) is 0 Å². The topological polar surface area (TPSA) is 62.4 Å². The van der Waals surface area contributed by atoms with Crippen LogP contribution >= 0.6 is 47.0 Å². The number of ether oxygens (including phenoxy) is 1. The van der Waals surface area contributed by atoms with Crippen LogP contribution in [0.15, 0.2) is 48.5 Å². The molecule has 2 rings (SSSR count). The van der Waals surface area contributed by atoms with Gasteiger partial charge in [0.2, 0.25) is 3.79 Å². The lowest BCUT2D eigenvalue weighted by Crippen LogP contribution is -2.56. The SMILES string of the molecule is CCc1ccc(OCC(=O)N[C@@H](NC(=S)Nc2cccc(C)c2)C(Cl)(Cl)Cl)cc1. The monoisotopic (exact) mass is 473 g/mol. The Labute approximate surface area is 191 Å². The van der Waals surface area contributed by atoms with Crippen molar-refractivity contribution >= 4 is 63.7 Å². The van der Waals surface area contributed by atoms with Gasteiger partial charge < -0.3 is 20.7 Å². The van der Waals surface area contributed by atoms with Crippen LogP contribution in [0.25, 0.3) is 0 Å². The number of halogens is 3. The summed E-state index contributed by atoms with van der Waals surface area (Å²) in [5.74, 6) is 0.110. The predicted molar refractivity (Wildman–Crippen MR) is 124 cm³/mol. The predicted octanol–water partition coefficient (Wildman–Crippen LogP) is 4.74. The first-order valence-corrected chi connectivity index (χ1v) is 10.4. The number of benzene rings is 2. The van der Waals surface area contributed by atoms with E-state index in [0.29, 0.717) is 5.75 Å². The first-order chi connectivity index (χ1) is 13.7. The van der Waals surface area contributed by atoms with E-state index >= 15 is 0 Å². The highest BCUT2D eigenvalue weighted by molar-refractivity contribution is 7.80. The average molecular weight is 475 g/mol. The number of carbonyl (C=O) groups is 1. The second kappa shape index (κ2) is 10.9. The number of anilines is 1. The van der Waals surface area contributed by atoms with Crippen LogP contribution in [-0.4, -0.2) is 27.6 Å². The summed E-state index contributed by atoms with van der Waals surface area (Å²) in [6, 6.07) is 15.1. The van der Waals surface area contributed by atoms with Gasteiger partial charge in [0.15, 0.2) is 11.7 Å². The van der Waals surface area contributed by atoms with Gasteiger partial charge in [-0.25, -0.2) is 0 Å². The van der Waals surface area contributed by atoms with Crippen molar-refractivity contribution < 1.29 is 9.53 Å². The van der Waals surface area contributed by atoms with Gasteiger partial charge in [0, 0.05) is 5.69 Å². The van der Waals surface area contributed by atoms with Crippen molar-refractivity contribution in [1.82, 2.24) is 10.6 Å². The summed E-state index contributed by atoms with van der Waals surface area (Å²) in [5, 5.41) is 8.57. The normalized spacial score (nSPS) is 12.0. The molecule has 0 heterocycles. The number of amides is 1. The zero-order chi connectivity index (χ0) is 21.4. The summed E-state index contributed by atoms with van der Waals surface area (Å²) in [5.41, 5.74) is 3.01. The van der Waals surface area contributed by atoms with Crippen LogP contribution in [-0.2, 0) is 11.2 Å². The highest BCUT2D eigenvalue weighted by atomic mass is 35.6. The largest absolute Gasteiger partial charge is 0.484 e. The minimum atomic E-state index is -1.84. The second-order valence-corrected chi connectivity index (χ2v) is 9.07. The lowest BCUT2D eigenvalue weighted by molar-refractivity contribution is -0.123. The Hall–Kier alpha value is -1.73. The maximum atomic E-state index is 12.3. The van der Waals surface area contributed by atoms with Gasteiger partial charge in [-0.3, -0.25) is 4.79 Å². The van der Waals surface area contributed by atoms with E-state index in [1.165, 1.54) is 5.56 Å². The Bertz CT molecular complexity index is 842. The van der Waals surface area contributed by atoms with Gasteiger partial charge in [-0.05, 0) is 61.0 Å². The Balaban J connectivity index is 1.91. The molecule has 0 fully saturated rings. The molecule has 2 aromatic carbocycles. The van der Waals surface area contributed by atoms with Gasteiger partial charge >= 0.3 is 0 Å². The highest BCUT2D eigenvalue weighted by Gasteiger charge is 2.34. The molecule has 9 heteroatoms. The molecular weight excluding hydrogens is 453 g/mol. The number of hydrogen-bond donors (Lipinski definition) is 3. The molecule has 0 spiro atoms. The number of carbonyl (C=O) groups excluding carboxylic acids is 1. The van der Waals surface area contributed by atoms with Crippen LogP contribution in [0.3, 0.4) is 0 Å². The average Bonchev–Trinajstić information content (AvgIpc) is 2.65. The molecule has 5 nitrogen and oxygen atoms in total. The molecule has 29 heavy (non-hydrogen) atoms. The molecule has 0 unspecified atom stereocenters. The van der Waals surface area contributed by atoms with Gasteiger partial charge in [0.25, 0.3) is 5.91 Å². The third-order valence-electron chi connectivity index (χ3n) is 3.89. The zero-order valence-corrected chi connectivity index (χ0v) is 19.1. The van der Waals surface area contributed by atoms with E-state index in [-0.39, 0.29) is 11.7 Å². The number of thiocarbonyl (C=S) groups is 1. The van der Waals surface area contributed by atoms with Gasteiger partial charge in [-0.2, -0.15) is 0 Å². The standard InChI is InChI=1S/C20H22Cl3N3O2S/c1-3-14-7-9-16(10-8-14)28-12-17(27)25-18(20(21,22)23)26-19(29)24-15-6-4-5-13(2)11-15/h4-11,18H,3,12H2,1-2H3,(H,25,27)(H2,24,26,29)/t18-/m0/s1. The molecule has 0 radical (unpaired) electrons.